The maximum atomic E-state index is 14.4. The highest BCUT2D eigenvalue weighted by atomic mass is 79.9. The van der Waals surface area contributed by atoms with Gasteiger partial charge in [0, 0.05) is 21.4 Å². The molecule has 0 spiro atoms. The molecule has 2 aromatic rings. The Hall–Kier alpha value is -1.72. The van der Waals surface area contributed by atoms with Crippen molar-refractivity contribution in [3.63, 3.8) is 0 Å². The van der Waals surface area contributed by atoms with Gasteiger partial charge in [-0.05, 0) is 31.2 Å². The van der Waals surface area contributed by atoms with Crippen molar-refractivity contribution in [3.05, 3.63) is 69.4 Å². The van der Waals surface area contributed by atoms with Gasteiger partial charge in [0.15, 0.2) is 5.54 Å². The van der Waals surface area contributed by atoms with Crippen LogP contribution in [-0.4, -0.2) is 21.4 Å². The van der Waals surface area contributed by atoms with E-state index in [0.717, 1.165) is 0 Å². The third-order valence-electron chi connectivity index (χ3n) is 3.95. The molecule has 0 aromatic heterocycles. The first-order valence-corrected chi connectivity index (χ1v) is 8.20. The Morgan fingerprint density at radius 1 is 1.35 bits per heavy atom. The molecule has 1 heterocycles. The van der Waals surface area contributed by atoms with Crippen LogP contribution in [0.4, 0.5) is 4.39 Å². The molecule has 2 aromatic carbocycles. The van der Waals surface area contributed by atoms with E-state index in [1.807, 2.05) is 0 Å². The highest BCUT2D eigenvalue weighted by Gasteiger charge is 2.50. The molecule has 2 atom stereocenters. The van der Waals surface area contributed by atoms with Crippen LogP contribution in [0, 0.1) is 5.82 Å². The molecule has 1 aliphatic heterocycles. The number of alkyl halides is 1. The lowest BCUT2D eigenvalue weighted by molar-refractivity contribution is -0.140. The topological polar surface area (TPSA) is 49.7 Å². The Kier molecular flexibility index (Phi) is 4.02. The van der Waals surface area contributed by atoms with Crippen LogP contribution in [0.2, 0.25) is 5.02 Å². The Balaban J connectivity index is 2.51. The number of fused-ring (bicyclic) bond motifs is 1. The summed E-state index contributed by atoms with van der Waals surface area (Å²) in [6.45, 7) is 1.69. The van der Waals surface area contributed by atoms with Gasteiger partial charge < -0.3 is 5.11 Å². The zero-order valence-electron chi connectivity index (χ0n) is 12.1. The molecule has 0 saturated heterocycles. The van der Waals surface area contributed by atoms with Crippen LogP contribution in [0.1, 0.15) is 12.5 Å². The van der Waals surface area contributed by atoms with Gasteiger partial charge in [0.05, 0.1) is 10.2 Å². The quantitative estimate of drug-likeness (QED) is 0.811. The van der Waals surface area contributed by atoms with Crippen molar-refractivity contribution in [2.75, 3.05) is 0 Å². The van der Waals surface area contributed by atoms with Crippen molar-refractivity contribution in [2.45, 2.75) is 17.3 Å². The second-order valence-corrected chi connectivity index (χ2v) is 7.13. The zero-order valence-corrected chi connectivity index (χ0v) is 14.4. The van der Waals surface area contributed by atoms with Gasteiger partial charge in [-0.15, -0.1) is 0 Å². The molecule has 23 heavy (non-hydrogen) atoms. The number of nitrogens with zero attached hydrogens (tertiary/aromatic N) is 1. The van der Waals surface area contributed by atoms with Crippen LogP contribution in [-0.2, 0) is 4.79 Å². The molecular formula is C17H12BrClFNO2. The third kappa shape index (κ3) is 2.39. The molecule has 2 unspecified atom stereocenters. The lowest BCUT2D eigenvalue weighted by Gasteiger charge is -2.28. The number of carbonyl (C=O) groups is 1. The van der Waals surface area contributed by atoms with E-state index in [2.05, 4.69) is 20.9 Å². The summed E-state index contributed by atoms with van der Waals surface area (Å²) in [5.41, 5.74) is -1.09. The van der Waals surface area contributed by atoms with Crippen molar-refractivity contribution < 1.29 is 14.3 Å². The van der Waals surface area contributed by atoms with E-state index >= 15 is 0 Å². The predicted molar refractivity (Wildman–Crippen MR) is 89.9 cm³/mol. The summed E-state index contributed by atoms with van der Waals surface area (Å²) in [5, 5.41) is 11.4. The molecule has 0 radical (unpaired) electrons. The van der Waals surface area contributed by atoms with Crippen molar-refractivity contribution in [2.24, 2.45) is 4.99 Å². The minimum atomic E-state index is -1.62. The van der Waals surface area contributed by atoms with E-state index < -0.39 is 22.2 Å². The standard InChI is InChI=1S/C17H12BrClFNO2/c1-9(18)17(16(22)23)15(11-4-2-3-5-13(11)20)12-8-10(19)6-7-14(12)21-17/h2-9H,1H3,(H,22,23). The lowest BCUT2D eigenvalue weighted by Crippen LogP contribution is -2.45. The number of halogens is 3. The van der Waals surface area contributed by atoms with E-state index in [1.165, 1.54) is 6.07 Å². The molecule has 1 N–H and O–H groups in total. The van der Waals surface area contributed by atoms with Crippen molar-refractivity contribution in [1.29, 1.82) is 0 Å². The second kappa shape index (κ2) is 5.73. The van der Waals surface area contributed by atoms with Crippen molar-refractivity contribution in [1.82, 2.24) is 0 Å². The predicted octanol–water partition coefficient (Wildman–Crippen LogP) is 2.92. The Morgan fingerprint density at radius 2 is 2.04 bits per heavy atom. The van der Waals surface area contributed by atoms with Crippen LogP contribution < -0.4 is 10.6 Å². The normalized spacial score (nSPS) is 20.8. The van der Waals surface area contributed by atoms with Crippen molar-refractivity contribution >= 4 is 39.1 Å². The first kappa shape index (κ1) is 16.1. The third-order valence-corrected chi connectivity index (χ3v) is 4.85. The van der Waals surface area contributed by atoms with Gasteiger partial charge in [0.2, 0.25) is 0 Å². The average Bonchev–Trinajstić information content (AvgIpc) is 2.83. The summed E-state index contributed by atoms with van der Waals surface area (Å²) in [6, 6.07) is 11.0. The number of carboxylic acid groups (broad SMARTS) is 1. The largest absolute Gasteiger partial charge is 0.479 e. The highest BCUT2D eigenvalue weighted by Crippen LogP contribution is 2.38. The SMILES string of the molecule is CC(Br)C1(C(=O)O)N=c2ccc(Cl)cc2=C1c1ccccc1F. The molecular weight excluding hydrogens is 385 g/mol. The van der Waals surface area contributed by atoms with Gasteiger partial charge in [0.25, 0.3) is 0 Å². The van der Waals surface area contributed by atoms with E-state index in [9.17, 15) is 14.3 Å². The van der Waals surface area contributed by atoms with Gasteiger partial charge in [-0.25, -0.2) is 9.18 Å². The number of benzene rings is 2. The summed E-state index contributed by atoms with van der Waals surface area (Å²) < 4.78 is 14.4. The fourth-order valence-electron chi connectivity index (χ4n) is 2.88. The molecule has 0 amide bonds. The molecule has 0 aliphatic carbocycles. The summed E-state index contributed by atoms with van der Waals surface area (Å²) in [6.07, 6.45) is 0. The van der Waals surface area contributed by atoms with Gasteiger partial charge in [-0.3, -0.25) is 4.99 Å². The van der Waals surface area contributed by atoms with Gasteiger partial charge in [-0.1, -0.05) is 45.7 Å². The minimum absolute atomic E-state index is 0.214. The maximum Gasteiger partial charge on any atom is 0.337 e. The maximum absolute atomic E-state index is 14.4. The number of carboxylic acids is 1. The monoisotopic (exact) mass is 395 g/mol. The Morgan fingerprint density at radius 3 is 2.65 bits per heavy atom. The smallest absolute Gasteiger partial charge is 0.337 e. The van der Waals surface area contributed by atoms with E-state index in [1.54, 1.807) is 43.3 Å². The number of hydrogen-bond acceptors (Lipinski definition) is 2. The molecule has 6 heteroatoms. The number of hydrogen-bond donors (Lipinski definition) is 1. The lowest BCUT2D eigenvalue weighted by atomic mass is 9.83. The average molecular weight is 397 g/mol. The zero-order chi connectivity index (χ0) is 16.8. The molecule has 3 nitrogen and oxygen atoms in total. The van der Waals surface area contributed by atoms with Crippen LogP contribution in [0.3, 0.4) is 0 Å². The van der Waals surface area contributed by atoms with Crippen LogP contribution in [0.15, 0.2) is 47.5 Å². The number of aliphatic carboxylic acids is 1. The molecule has 0 fully saturated rings. The van der Waals surface area contributed by atoms with Gasteiger partial charge in [0.1, 0.15) is 5.82 Å². The van der Waals surface area contributed by atoms with E-state index in [0.29, 0.717) is 21.2 Å². The number of rotatable bonds is 3. The minimum Gasteiger partial charge on any atom is -0.479 e. The van der Waals surface area contributed by atoms with Crippen LogP contribution in [0.25, 0.3) is 5.57 Å². The Labute approximate surface area is 145 Å². The molecule has 1 aliphatic rings. The summed E-state index contributed by atoms with van der Waals surface area (Å²) in [7, 11) is 0. The summed E-state index contributed by atoms with van der Waals surface area (Å²) in [4.78, 5) is 16.0. The first-order valence-electron chi connectivity index (χ1n) is 6.90. The fourth-order valence-corrected chi connectivity index (χ4v) is 3.58. The van der Waals surface area contributed by atoms with E-state index in [4.69, 9.17) is 11.6 Å². The summed E-state index contributed by atoms with van der Waals surface area (Å²) >= 11 is 9.41. The highest BCUT2D eigenvalue weighted by molar-refractivity contribution is 9.09. The molecule has 118 valence electrons. The van der Waals surface area contributed by atoms with Crippen LogP contribution >= 0.6 is 27.5 Å². The van der Waals surface area contributed by atoms with Gasteiger partial charge >= 0.3 is 5.97 Å². The second-order valence-electron chi connectivity index (χ2n) is 5.32. The Bertz CT molecular complexity index is 928. The van der Waals surface area contributed by atoms with E-state index in [-0.39, 0.29) is 5.56 Å². The first-order chi connectivity index (χ1) is 10.9. The fraction of sp³-hybridized carbons (Fsp3) is 0.176. The summed E-state index contributed by atoms with van der Waals surface area (Å²) in [5.74, 6) is -1.64. The molecule has 3 rings (SSSR count). The molecule has 0 bridgehead atoms. The van der Waals surface area contributed by atoms with Crippen molar-refractivity contribution in [3.8, 4) is 0 Å². The van der Waals surface area contributed by atoms with Gasteiger partial charge in [-0.2, -0.15) is 0 Å². The molecule has 0 saturated carbocycles. The van der Waals surface area contributed by atoms with Crippen LogP contribution in [0.5, 0.6) is 0 Å².